The van der Waals surface area contributed by atoms with Crippen molar-refractivity contribution in [2.24, 2.45) is 4.99 Å². The average Bonchev–Trinajstić information content (AvgIpc) is 3.13. The van der Waals surface area contributed by atoms with Crippen LogP contribution in [0.5, 0.6) is 0 Å². The smallest absolute Gasteiger partial charge is 0.191 e. The number of guanidine groups is 1. The molecule has 1 aromatic rings. The number of aliphatic imine (C=N–C) groups is 1. The van der Waals surface area contributed by atoms with Gasteiger partial charge in [0.15, 0.2) is 5.96 Å². The van der Waals surface area contributed by atoms with Crippen LogP contribution in [-0.2, 0) is 14.9 Å². The maximum absolute atomic E-state index is 5.79. The van der Waals surface area contributed by atoms with Gasteiger partial charge in [0.05, 0.1) is 12.7 Å². The molecule has 1 aliphatic heterocycles. The molecule has 1 unspecified atom stereocenters. The summed E-state index contributed by atoms with van der Waals surface area (Å²) < 4.78 is 11.1. The van der Waals surface area contributed by atoms with Crippen LogP contribution in [0.25, 0.3) is 0 Å². The van der Waals surface area contributed by atoms with Gasteiger partial charge in [-0.2, -0.15) is 0 Å². The van der Waals surface area contributed by atoms with Gasteiger partial charge >= 0.3 is 0 Å². The van der Waals surface area contributed by atoms with Gasteiger partial charge in [0.1, 0.15) is 0 Å². The summed E-state index contributed by atoms with van der Waals surface area (Å²) in [4.78, 5) is 4.35. The fourth-order valence-corrected chi connectivity index (χ4v) is 3.61. The zero-order chi connectivity index (χ0) is 17.4. The zero-order valence-electron chi connectivity index (χ0n) is 15.7. The summed E-state index contributed by atoms with van der Waals surface area (Å²) in [5.41, 5.74) is 1.71. The minimum Gasteiger partial charge on any atom is -0.379 e. The number of nitrogens with zero attached hydrogens (tertiary/aromatic N) is 1. The van der Waals surface area contributed by atoms with Crippen molar-refractivity contribution in [1.29, 1.82) is 0 Å². The number of rotatable bonds is 8. The van der Waals surface area contributed by atoms with Crippen molar-refractivity contribution in [2.75, 3.05) is 40.0 Å². The van der Waals surface area contributed by atoms with Gasteiger partial charge in [0.2, 0.25) is 0 Å². The number of hydrogen-bond acceptors (Lipinski definition) is 3. The molecular weight excluding hydrogens is 441 g/mol. The second-order valence-corrected chi connectivity index (χ2v) is 7.06. The van der Waals surface area contributed by atoms with E-state index in [1.165, 1.54) is 24.8 Å². The maximum atomic E-state index is 5.79. The predicted molar refractivity (Wildman–Crippen MR) is 117 cm³/mol. The molecule has 1 heterocycles. The fraction of sp³-hybridized carbons (Fsp3) is 0.650. The van der Waals surface area contributed by atoms with Crippen molar-refractivity contribution in [2.45, 2.75) is 43.6 Å². The van der Waals surface area contributed by atoms with E-state index in [0.29, 0.717) is 6.10 Å². The lowest BCUT2D eigenvalue weighted by Gasteiger charge is -2.43. The lowest BCUT2D eigenvalue weighted by molar-refractivity contribution is 0.0420. The zero-order valence-corrected chi connectivity index (χ0v) is 18.0. The minimum atomic E-state index is 0. The van der Waals surface area contributed by atoms with Crippen LogP contribution in [0.1, 0.15) is 37.7 Å². The van der Waals surface area contributed by atoms with Crippen LogP contribution in [0.4, 0.5) is 0 Å². The Morgan fingerprint density at radius 2 is 2.08 bits per heavy atom. The van der Waals surface area contributed by atoms with Crippen LogP contribution in [0.3, 0.4) is 0 Å². The molecular formula is C20H32IN3O2. The Hall–Kier alpha value is -0.860. The van der Waals surface area contributed by atoms with Gasteiger partial charge in [0, 0.05) is 38.8 Å². The number of halogens is 1. The van der Waals surface area contributed by atoms with E-state index in [2.05, 4.69) is 46.0 Å². The molecule has 3 rings (SSSR count). The van der Waals surface area contributed by atoms with Crippen LogP contribution < -0.4 is 10.6 Å². The molecule has 146 valence electrons. The Bertz CT molecular complexity index is 543. The lowest BCUT2D eigenvalue weighted by Crippen LogP contribution is -2.49. The van der Waals surface area contributed by atoms with Crippen LogP contribution in [0, 0.1) is 0 Å². The highest BCUT2D eigenvalue weighted by Crippen LogP contribution is 2.43. The molecule has 1 saturated carbocycles. The summed E-state index contributed by atoms with van der Waals surface area (Å²) in [6.45, 7) is 4.16. The van der Waals surface area contributed by atoms with Crippen molar-refractivity contribution >= 4 is 29.9 Å². The van der Waals surface area contributed by atoms with Crippen LogP contribution >= 0.6 is 24.0 Å². The molecule has 2 aliphatic rings. The van der Waals surface area contributed by atoms with E-state index < -0.39 is 0 Å². The molecule has 0 spiro atoms. The first kappa shape index (κ1) is 21.4. The van der Waals surface area contributed by atoms with Gasteiger partial charge in [-0.1, -0.05) is 36.8 Å². The van der Waals surface area contributed by atoms with E-state index in [1.54, 1.807) is 0 Å². The number of benzene rings is 1. The van der Waals surface area contributed by atoms with Gasteiger partial charge in [-0.15, -0.1) is 24.0 Å². The number of nitrogens with one attached hydrogen (secondary N) is 2. The molecule has 1 saturated heterocycles. The quantitative estimate of drug-likeness (QED) is 0.264. The molecule has 2 N–H and O–H groups in total. The highest BCUT2D eigenvalue weighted by Gasteiger charge is 2.38. The summed E-state index contributed by atoms with van der Waals surface area (Å²) in [5.74, 6) is 0.881. The Labute approximate surface area is 174 Å². The molecule has 26 heavy (non-hydrogen) atoms. The van der Waals surface area contributed by atoms with Gasteiger partial charge in [0.25, 0.3) is 0 Å². The second kappa shape index (κ2) is 11.1. The lowest BCUT2D eigenvalue weighted by atomic mass is 9.64. The fourth-order valence-electron chi connectivity index (χ4n) is 3.61. The highest BCUT2D eigenvalue weighted by molar-refractivity contribution is 14.0. The normalized spacial score (nSPS) is 21.6. The summed E-state index contributed by atoms with van der Waals surface area (Å²) >= 11 is 0. The molecule has 0 bridgehead atoms. The largest absolute Gasteiger partial charge is 0.379 e. The van der Waals surface area contributed by atoms with Gasteiger partial charge in [-0.25, -0.2) is 0 Å². The highest BCUT2D eigenvalue weighted by atomic mass is 127. The predicted octanol–water partition coefficient (Wildman–Crippen LogP) is 3.09. The third-order valence-corrected chi connectivity index (χ3v) is 5.37. The molecule has 2 fully saturated rings. The molecule has 5 nitrogen and oxygen atoms in total. The average molecular weight is 473 g/mol. The van der Waals surface area contributed by atoms with Crippen LogP contribution in [0.2, 0.25) is 0 Å². The maximum Gasteiger partial charge on any atom is 0.191 e. The van der Waals surface area contributed by atoms with Crippen molar-refractivity contribution in [3.63, 3.8) is 0 Å². The Balaban J connectivity index is 0.00000243. The standard InChI is InChI=1S/C20H31N3O2.HI/c1-21-19(22-12-6-13-25-18-9-14-24-15-18)23-16-20(10-5-11-20)17-7-3-2-4-8-17;/h2-4,7-8,18H,5-6,9-16H2,1H3,(H2,21,22,23);1H. The van der Waals surface area contributed by atoms with E-state index in [9.17, 15) is 0 Å². The SMILES string of the molecule is CN=C(NCCCOC1CCOC1)NCC1(c2ccccc2)CCC1.I. The van der Waals surface area contributed by atoms with Gasteiger partial charge in [-0.05, 0) is 31.2 Å². The Kier molecular flexibility index (Phi) is 9.15. The summed E-state index contributed by atoms with van der Waals surface area (Å²) in [7, 11) is 1.83. The van der Waals surface area contributed by atoms with Crippen LogP contribution in [-0.4, -0.2) is 52.0 Å². The van der Waals surface area contributed by atoms with Crippen molar-refractivity contribution in [3.8, 4) is 0 Å². The molecule has 0 radical (unpaired) electrons. The molecule has 6 heteroatoms. The van der Waals surface area contributed by atoms with Crippen molar-refractivity contribution < 1.29 is 9.47 Å². The molecule has 0 aromatic heterocycles. The summed E-state index contributed by atoms with van der Waals surface area (Å²) in [6.07, 6.45) is 6.10. The van der Waals surface area contributed by atoms with E-state index in [4.69, 9.17) is 9.47 Å². The summed E-state index contributed by atoms with van der Waals surface area (Å²) in [6, 6.07) is 10.9. The first-order chi connectivity index (χ1) is 12.3. The third kappa shape index (κ3) is 5.82. The van der Waals surface area contributed by atoms with E-state index in [1.807, 2.05) is 7.05 Å². The van der Waals surface area contributed by atoms with E-state index in [0.717, 1.165) is 51.7 Å². The number of ether oxygens (including phenoxy) is 2. The van der Waals surface area contributed by atoms with Crippen molar-refractivity contribution in [3.05, 3.63) is 35.9 Å². The van der Waals surface area contributed by atoms with E-state index in [-0.39, 0.29) is 29.4 Å². The molecule has 1 atom stereocenters. The Morgan fingerprint density at radius 3 is 2.69 bits per heavy atom. The van der Waals surface area contributed by atoms with E-state index >= 15 is 0 Å². The van der Waals surface area contributed by atoms with Crippen molar-refractivity contribution in [1.82, 2.24) is 10.6 Å². The van der Waals surface area contributed by atoms with Crippen LogP contribution in [0.15, 0.2) is 35.3 Å². The first-order valence-electron chi connectivity index (χ1n) is 9.52. The molecule has 1 aliphatic carbocycles. The number of hydrogen-bond donors (Lipinski definition) is 2. The Morgan fingerprint density at radius 1 is 1.27 bits per heavy atom. The monoisotopic (exact) mass is 473 g/mol. The van der Waals surface area contributed by atoms with Gasteiger partial charge < -0.3 is 20.1 Å². The first-order valence-corrected chi connectivity index (χ1v) is 9.52. The van der Waals surface area contributed by atoms with Gasteiger partial charge in [-0.3, -0.25) is 4.99 Å². The second-order valence-electron chi connectivity index (χ2n) is 7.06. The minimum absolute atomic E-state index is 0. The topological polar surface area (TPSA) is 54.9 Å². The molecule has 0 amide bonds. The summed E-state index contributed by atoms with van der Waals surface area (Å²) in [5, 5.41) is 6.92. The third-order valence-electron chi connectivity index (χ3n) is 5.37. The molecule has 1 aromatic carbocycles.